The Morgan fingerprint density at radius 3 is 2.83 bits per heavy atom. The minimum Gasteiger partial charge on any atom is -0.444 e. The third-order valence-corrected chi connectivity index (χ3v) is 4.35. The molecule has 0 radical (unpaired) electrons. The number of fused-ring (bicyclic) bond motifs is 1. The van der Waals surface area contributed by atoms with Gasteiger partial charge in [-0.15, -0.1) is 0 Å². The number of carbonyl (C=O) groups is 1. The molecule has 134 valence electrons. The monoisotopic (exact) mass is 333 g/mol. The van der Waals surface area contributed by atoms with Crippen molar-refractivity contribution in [2.45, 2.75) is 65.1 Å². The first-order chi connectivity index (χ1) is 11.3. The van der Waals surface area contributed by atoms with Crippen molar-refractivity contribution in [3.05, 3.63) is 29.3 Å². The summed E-state index contributed by atoms with van der Waals surface area (Å²) in [6.07, 6.45) is 2.68. The number of amides is 1. The van der Waals surface area contributed by atoms with Gasteiger partial charge in [0, 0.05) is 24.8 Å². The van der Waals surface area contributed by atoms with E-state index in [2.05, 4.69) is 23.2 Å². The van der Waals surface area contributed by atoms with Gasteiger partial charge in [-0.25, -0.2) is 4.79 Å². The number of carbonyl (C=O) groups excluding carboxylic acids is 1. The van der Waals surface area contributed by atoms with Gasteiger partial charge in [0.05, 0.1) is 0 Å². The van der Waals surface area contributed by atoms with Gasteiger partial charge in [-0.3, -0.25) is 4.90 Å². The Hall–Kier alpha value is -1.75. The number of hydrogen-bond acceptors (Lipinski definition) is 4. The molecular formula is C19H31N3O2. The molecule has 1 aliphatic rings. The number of unbranched alkanes of at least 4 members (excludes halogenated alkanes) is 1. The lowest BCUT2D eigenvalue weighted by atomic mass is 9.93. The van der Waals surface area contributed by atoms with Gasteiger partial charge in [-0.2, -0.15) is 0 Å². The summed E-state index contributed by atoms with van der Waals surface area (Å²) in [6, 6.07) is 6.70. The maximum Gasteiger partial charge on any atom is 0.407 e. The number of ether oxygens (including phenoxy) is 1. The normalized spacial score (nSPS) is 18.1. The molecule has 1 aromatic carbocycles. The Morgan fingerprint density at radius 2 is 2.12 bits per heavy atom. The number of rotatable bonds is 5. The van der Waals surface area contributed by atoms with Gasteiger partial charge in [0.25, 0.3) is 0 Å². The fraction of sp³-hybridized carbons (Fsp3) is 0.632. The van der Waals surface area contributed by atoms with Crippen molar-refractivity contribution in [1.29, 1.82) is 0 Å². The van der Waals surface area contributed by atoms with Crippen LogP contribution in [0.15, 0.2) is 18.2 Å². The molecular weight excluding hydrogens is 302 g/mol. The van der Waals surface area contributed by atoms with Crippen LogP contribution in [0.5, 0.6) is 0 Å². The highest BCUT2D eigenvalue weighted by Crippen LogP contribution is 2.27. The first-order valence-corrected chi connectivity index (χ1v) is 8.83. The molecule has 0 aromatic heterocycles. The highest BCUT2D eigenvalue weighted by Gasteiger charge is 2.23. The number of benzene rings is 1. The van der Waals surface area contributed by atoms with Crippen LogP contribution in [-0.2, 0) is 17.7 Å². The van der Waals surface area contributed by atoms with Crippen LogP contribution in [0.2, 0.25) is 0 Å². The summed E-state index contributed by atoms with van der Waals surface area (Å²) in [5, 5.41) is 2.82. The highest BCUT2D eigenvalue weighted by molar-refractivity contribution is 5.67. The molecule has 1 atom stereocenters. The number of nitrogens with two attached hydrogens (primary N) is 1. The number of hydrogen-bond donors (Lipinski definition) is 2. The van der Waals surface area contributed by atoms with Crippen LogP contribution < -0.4 is 11.1 Å². The molecule has 0 fully saturated rings. The van der Waals surface area contributed by atoms with Crippen molar-refractivity contribution in [1.82, 2.24) is 10.2 Å². The van der Waals surface area contributed by atoms with Crippen LogP contribution in [-0.4, -0.2) is 35.7 Å². The number of anilines is 1. The van der Waals surface area contributed by atoms with Gasteiger partial charge in [0.2, 0.25) is 0 Å². The zero-order chi connectivity index (χ0) is 17.7. The molecule has 1 heterocycles. The fourth-order valence-electron chi connectivity index (χ4n) is 3.09. The Balaban J connectivity index is 1.71. The Bertz CT molecular complexity index is 566. The molecule has 3 N–H and O–H groups in total. The molecule has 0 spiro atoms. The summed E-state index contributed by atoms with van der Waals surface area (Å²) in [4.78, 5) is 14.1. The summed E-state index contributed by atoms with van der Waals surface area (Å²) in [7, 11) is 0. The van der Waals surface area contributed by atoms with Crippen LogP contribution in [0.4, 0.5) is 10.5 Å². The van der Waals surface area contributed by atoms with Crippen LogP contribution >= 0.6 is 0 Å². The van der Waals surface area contributed by atoms with Gasteiger partial charge >= 0.3 is 6.09 Å². The zero-order valence-electron chi connectivity index (χ0n) is 15.4. The summed E-state index contributed by atoms with van der Waals surface area (Å²) >= 11 is 0. The van der Waals surface area contributed by atoms with E-state index in [0.717, 1.165) is 38.0 Å². The summed E-state index contributed by atoms with van der Waals surface area (Å²) in [6.45, 7) is 10.5. The predicted octanol–water partition coefficient (Wildman–Crippen LogP) is 3.32. The second-order valence-electron chi connectivity index (χ2n) is 7.64. The largest absolute Gasteiger partial charge is 0.444 e. The van der Waals surface area contributed by atoms with E-state index in [4.69, 9.17) is 10.5 Å². The topological polar surface area (TPSA) is 67.6 Å². The summed E-state index contributed by atoms with van der Waals surface area (Å²) < 4.78 is 5.23. The number of nitrogen functional groups attached to an aromatic ring is 1. The minimum absolute atomic E-state index is 0.335. The number of nitrogens with zero attached hydrogens (tertiary/aromatic N) is 1. The smallest absolute Gasteiger partial charge is 0.407 e. The molecule has 0 aliphatic carbocycles. The standard InChI is InChI=1S/C19H31N3O2/c1-14-12-16-15(8-7-9-17(16)20)13-22(14)11-6-5-10-21-18(23)24-19(2,3)4/h7-9,14H,5-6,10-13,20H2,1-4H3,(H,21,23). The van der Waals surface area contributed by atoms with Crippen molar-refractivity contribution in [3.8, 4) is 0 Å². The highest BCUT2D eigenvalue weighted by atomic mass is 16.6. The molecule has 0 bridgehead atoms. The van der Waals surface area contributed by atoms with Crippen molar-refractivity contribution >= 4 is 11.8 Å². The Kier molecular flexibility index (Phi) is 6.10. The van der Waals surface area contributed by atoms with E-state index in [-0.39, 0.29) is 6.09 Å². The van der Waals surface area contributed by atoms with Crippen LogP contribution in [0.3, 0.4) is 0 Å². The van der Waals surface area contributed by atoms with Gasteiger partial charge < -0.3 is 15.8 Å². The molecule has 0 saturated heterocycles. The van der Waals surface area contributed by atoms with Crippen molar-refractivity contribution < 1.29 is 9.53 Å². The fourth-order valence-corrected chi connectivity index (χ4v) is 3.09. The van der Waals surface area contributed by atoms with Crippen LogP contribution in [0.25, 0.3) is 0 Å². The molecule has 2 rings (SSSR count). The molecule has 1 unspecified atom stereocenters. The van der Waals surface area contributed by atoms with Crippen molar-refractivity contribution in [2.75, 3.05) is 18.8 Å². The molecule has 1 aliphatic heterocycles. The maximum atomic E-state index is 11.6. The number of nitrogens with one attached hydrogen (secondary N) is 1. The quantitative estimate of drug-likeness (QED) is 0.641. The molecule has 1 aromatic rings. The van der Waals surface area contributed by atoms with E-state index in [0.29, 0.717) is 12.6 Å². The maximum absolute atomic E-state index is 11.6. The van der Waals surface area contributed by atoms with E-state index < -0.39 is 5.60 Å². The summed E-state index contributed by atoms with van der Waals surface area (Å²) in [5.41, 5.74) is 9.23. The lowest BCUT2D eigenvalue weighted by Crippen LogP contribution is -2.39. The van der Waals surface area contributed by atoms with Crippen LogP contribution in [0.1, 0.15) is 51.7 Å². The average molecular weight is 333 g/mol. The first-order valence-electron chi connectivity index (χ1n) is 8.83. The van der Waals surface area contributed by atoms with Gasteiger partial charge in [-0.05, 0) is 70.7 Å². The van der Waals surface area contributed by atoms with Crippen molar-refractivity contribution in [3.63, 3.8) is 0 Å². The first kappa shape index (κ1) is 18.6. The lowest BCUT2D eigenvalue weighted by Gasteiger charge is -2.35. The Morgan fingerprint density at radius 1 is 1.38 bits per heavy atom. The molecule has 1 amide bonds. The number of alkyl carbamates (subject to hydrolysis) is 1. The van der Waals surface area contributed by atoms with Crippen molar-refractivity contribution in [2.24, 2.45) is 0 Å². The predicted molar refractivity (Wildman–Crippen MR) is 97.9 cm³/mol. The lowest BCUT2D eigenvalue weighted by molar-refractivity contribution is 0.0526. The van der Waals surface area contributed by atoms with Crippen LogP contribution in [0, 0.1) is 0 Å². The molecule has 5 nitrogen and oxygen atoms in total. The minimum atomic E-state index is -0.442. The third-order valence-electron chi connectivity index (χ3n) is 4.35. The van der Waals surface area contributed by atoms with Gasteiger partial charge in [0.15, 0.2) is 0 Å². The SMILES string of the molecule is CC1Cc2c(N)cccc2CN1CCCCNC(=O)OC(C)(C)C. The second kappa shape index (κ2) is 7.88. The van der Waals surface area contributed by atoms with Gasteiger partial charge in [0.1, 0.15) is 5.60 Å². The third kappa shape index (κ3) is 5.41. The van der Waals surface area contributed by atoms with E-state index in [9.17, 15) is 4.79 Å². The molecule has 0 saturated carbocycles. The molecule has 5 heteroatoms. The zero-order valence-corrected chi connectivity index (χ0v) is 15.4. The van der Waals surface area contributed by atoms with Gasteiger partial charge in [-0.1, -0.05) is 12.1 Å². The van der Waals surface area contributed by atoms with E-state index in [1.807, 2.05) is 32.9 Å². The van der Waals surface area contributed by atoms with E-state index in [1.165, 1.54) is 11.1 Å². The Labute approximate surface area is 145 Å². The summed E-state index contributed by atoms with van der Waals surface area (Å²) in [5.74, 6) is 0. The van der Waals surface area contributed by atoms with E-state index in [1.54, 1.807) is 0 Å². The molecule has 24 heavy (non-hydrogen) atoms. The second-order valence-corrected chi connectivity index (χ2v) is 7.64. The van der Waals surface area contributed by atoms with E-state index >= 15 is 0 Å². The average Bonchev–Trinajstić information content (AvgIpc) is 2.46.